The first kappa shape index (κ1) is 20.2. The number of H-pyrrole nitrogens is 1. The number of aromatic nitrogens is 1. The van der Waals surface area contributed by atoms with Crippen LogP contribution in [0.5, 0.6) is 0 Å². The summed E-state index contributed by atoms with van der Waals surface area (Å²) in [6, 6.07) is 4.99. The normalized spacial score (nSPS) is 23.4. The molecule has 0 bridgehead atoms. The number of hydrogen-bond donors (Lipinski definition) is 5. The molecule has 3 amide bonds. The van der Waals surface area contributed by atoms with Gasteiger partial charge in [-0.05, 0) is 30.1 Å². The van der Waals surface area contributed by atoms with Crippen LogP contribution in [0.2, 0.25) is 0 Å². The molecule has 1 aromatic carbocycles. The van der Waals surface area contributed by atoms with Crippen molar-refractivity contribution >= 4 is 40.4 Å². The lowest BCUT2D eigenvalue weighted by molar-refractivity contribution is -0.130. The maximum absolute atomic E-state index is 12.7. The van der Waals surface area contributed by atoms with Crippen LogP contribution >= 0.6 is 11.8 Å². The molecular weight excluding hydrogens is 380 g/mol. The molecule has 1 aliphatic rings. The number of aliphatic hydroxyl groups is 1. The summed E-state index contributed by atoms with van der Waals surface area (Å²) in [5, 5.41) is 18.4. The fourth-order valence-corrected chi connectivity index (χ4v) is 3.72. The highest BCUT2D eigenvalue weighted by Gasteiger charge is 2.33. The molecule has 2 heterocycles. The average molecular weight is 404 g/mol. The zero-order valence-corrected chi connectivity index (χ0v) is 16.3. The first-order valence-corrected chi connectivity index (χ1v) is 10.5. The molecule has 8 nitrogen and oxygen atoms in total. The molecule has 2 aromatic rings. The van der Waals surface area contributed by atoms with Crippen molar-refractivity contribution in [2.24, 2.45) is 0 Å². The number of nitrogens with one attached hydrogen (secondary N) is 4. The summed E-state index contributed by atoms with van der Waals surface area (Å²) in [6.45, 7) is -0.541. The van der Waals surface area contributed by atoms with E-state index < -0.39 is 42.5 Å². The van der Waals surface area contributed by atoms with Crippen LogP contribution < -0.4 is 16.0 Å². The Morgan fingerprint density at radius 3 is 2.36 bits per heavy atom. The Bertz CT molecular complexity index is 868. The summed E-state index contributed by atoms with van der Waals surface area (Å²) in [7, 11) is 0. The van der Waals surface area contributed by atoms with E-state index in [0.717, 1.165) is 16.5 Å². The van der Waals surface area contributed by atoms with Crippen LogP contribution in [-0.4, -0.2) is 64.6 Å². The van der Waals surface area contributed by atoms with Crippen LogP contribution in [0.15, 0.2) is 30.5 Å². The van der Waals surface area contributed by atoms with Gasteiger partial charge in [-0.25, -0.2) is 0 Å². The predicted molar refractivity (Wildman–Crippen MR) is 108 cm³/mol. The number of amides is 3. The summed E-state index contributed by atoms with van der Waals surface area (Å²) >= 11 is 1.56. The first-order chi connectivity index (χ1) is 13.5. The molecule has 0 saturated carbocycles. The third kappa shape index (κ3) is 4.48. The molecule has 1 saturated heterocycles. The third-order valence-electron chi connectivity index (χ3n) is 4.79. The minimum atomic E-state index is -1.09. The van der Waals surface area contributed by atoms with Gasteiger partial charge in [0.1, 0.15) is 18.1 Å². The Morgan fingerprint density at radius 2 is 1.61 bits per heavy atom. The first-order valence-electron chi connectivity index (χ1n) is 9.09. The Labute approximate surface area is 166 Å². The van der Waals surface area contributed by atoms with E-state index in [0.29, 0.717) is 12.2 Å². The molecule has 0 aliphatic carbocycles. The molecule has 3 rings (SSSR count). The van der Waals surface area contributed by atoms with E-state index >= 15 is 0 Å². The fourth-order valence-electron chi connectivity index (χ4n) is 3.25. The smallest absolute Gasteiger partial charge is 0.245 e. The number of carbonyl (C=O) groups excluding carboxylic acids is 3. The lowest BCUT2D eigenvalue weighted by Crippen LogP contribution is -2.52. The van der Waals surface area contributed by atoms with Gasteiger partial charge in [0.25, 0.3) is 0 Å². The molecule has 0 unspecified atom stereocenters. The molecule has 5 N–H and O–H groups in total. The second kappa shape index (κ2) is 9.11. The van der Waals surface area contributed by atoms with Gasteiger partial charge in [-0.15, -0.1) is 0 Å². The van der Waals surface area contributed by atoms with Gasteiger partial charge >= 0.3 is 0 Å². The predicted octanol–water partition coefficient (Wildman–Crippen LogP) is -0.0762. The van der Waals surface area contributed by atoms with Gasteiger partial charge in [0.05, 0.1) is 6.61 Å². The highest BCUT2D eigenvalue weighted by molar-refractivity contribution is 7.98. The average Bonchev–Trinajstić information content (AvgIpc) is 3.11. The van der Waals surface area contributed by atoms with Gasteiger partial charge in [0.2, 0.25) is 17.7 Å². The molecule has 0 spiro atoms. The number of aromatic amines is 1. The molecule has 3 atom stereocenters. The van der Waals surface area contributed by atoms with Crippen LogP contribution in [0.25, 0.3) is 10.9 Å². The van der Waals surface area contributed by atoms with Gasteiger partial charge in [0, 0.05) is 23.5 Å². The standard InChI is InChI=1S/C19H24N4O4S/c1-28-7-6-14-17(25)22-15(18(26)23-16(10-24)19(27)21-14)8-11-9-20-13-5-3-2-4-12(11)13/h2-5,9,14-16,20,24H,6-8,10H2,1H3,(H,21,27)(H,22,25)(H,23,26)/t14-,15-,16-/m0/s1. The highest BCUT2D eigenvalue weighted by atomic mass is 32.2. The minimum Gasteiger partial charge on any atom is -0.394 e. The van der Waals surface area contributed by atoms with Crippen LogP contribution in [0.1, 0.15) is 12.0 Å². The van der Waals surface area contributed by atoms with Crippen molar-refractivity contribution in [2.45, 2.75) is 31.0 Å². The monoisotopic (exact) mass is 404 g/mol. The van der Waals surface area contributed by atoms with Crippen molar-refractivity contribution in [3.8, 4) is 0 Å². The summed E-state index contributed by atoms with van der Waals surface area (Å²) < 4.78 is 0. The van der Waals surface area contributed by atoms with E-state index in [9.17, 15) is 19.5 Å². The number of benzene rings is 1. The largest absolute Gasteiger partial charge is 0.394 e. The topological polar surface area (TPSA) is 123 Å². The van der Waals surface area contributed by atoms with E-state index in [1.807, 2.05) is 36.7 Å². The lowest BCUT2D eigenvalue weighted by Gasteiger charge is -2.20. The van der Waals surface area contributed by atoms with Gasteiger partial charge in [-0.3, -0.25) is 14.4 Å². The second-order valence-corrected chi connectivity index (χ2v) is 7.70. The fraction of sp³-hybridized carbons (Fsp3) is 0.421. The zero-order valence-electron chi connectivity index (χ0n) is 15.5. The zero-order chi connectivity index (χ0) is 20.1. The van der Waals surface area contributed by atoms with Crippen molar-refractivity contribution in [3.63, 3.8) is 0 Å². The van der Waals surface area contributed by atoms with Crippen molar-refractivity contribution in [1.82, 2.24) is 20.9 Å². The van der Waals surface area contributed by atoms with E-state index in [4.69, 9.17) is 0 Å². The van der Waals surface area contributed by atoms with Gasteiger partial charge < -0.3 is 26.0 Å². The maximum Gasteiger partial charge on any atom is 0.245 e. The van der Waals surface area contributed by atoms with Crippen LogP contribution in [-0.2, 0) is 20.8 Å². The summed E-state index contributed by atoms with van der Waals surface area (Å²) in [6.07, 6.45) is 4.43. The van der Waals surface area contributed by atoms with E-state index in [1.165, 1.54) is 0 Å². The molecule has 0 radical (unpaired) electrons. The molecule has 150 valence electrons. The summed E-state index contributed by atoms with van der Waals surface area (Å²) in [5.41, 5.74) is 1.83. The third-order valence-corrected chi connectivity index (χ3v) is 5.44. The molecule has 1 fully saturated rings. The van der Waals surface area contributed by atoms with Crippen molar-refractivity contribution in [2.75, 3.05) is 18.6 Å². The molecule has 9 heteroatoms. The maximum atomic E-state index is 12.7. The SMILES string of the molecule is CSCC[C@@H]1NC(=O)[C@H](CO)NC(=O)[C@H](Cc2c[nH]c3ccccc23)NC1=O. The van der Waals surface area contributed by atoms with Gasteiger partial charge in [0.15, 0.2) is 0 Å². The Morgan fingerprint density at radius 1 is 0.964 bits per heavy atom. The Balaban J connectivity index is 1.86. The molecule has 28 heavy (non-hydrogen) atoms. The van der Waals surface area contributed by atoms with E-state index in [2.05, 4.69) is 20.9 Å². The van der Waals surface area contributed by atoms with Crippen LogP contribution in [0.4, 0.5) is 0 Å². The van der Waals surface area contributed by atoms with E-state index in [-0.39, 0.29) is 6.42 Å². The van der Waals surface area contributed by atoms with Gasteiger partial charge in [-0.1, -0.05) is 18.2 Å². The number of hydrogen-bond acceptors (Lipinski definition) is 5. The number of fused-ring (bicyclic) bond motifs is 1. The quantitative estimate of drug-likeness (QED) is 0.461. The molecular formula is C19H24N4O4S. The van der Waals surface area contributed by atoms with Crippen molar-refractivity contribution in [1.29, 1.82) is 0 Å². The van der Waals surface area contributed by atoms with Gasteiger partial charge in [-0.2, -0.15) is 11.8 Å². The lowest BCUT2D eigenvalue weighted by atomic mass is 10.0. The summed E-state index contributed by atoms with van der Waals surface area (Å²) in [4.78, 5) is 41.0. The number of para-hydroxylation sites is 1. The number of carbonyl (C=O) groups is 3. The second-order valence-electron chi connectivity index (χ2n) is 6.71. The number of aliphatic hydroxyl groups excluding tert-OH is 1. The number of thioether (sulfide) groups is 1. The molecule has 1 aliphatic heterocycles. The minimum absolute atomic E-state index is 0.267. The van der Waals surface area contributed by atoms with Crippen molar-refractivity contribution < 1.29 is 19.5 Å². The Kier molecular flexibility index (Phi) is 6.58. The van der Waals surface area contributed by atoms with Crippen LogP contribution in [0.3, 0.4) is 0 Å². The highest BCUT2D eigenvalue weighted by Crippen LogP contribution is 2.19. The number of rotatable bonds is 6. The molecule has 1 aromatic heterocycles. The Hall–Kier alpha value is -2.52. The van der Waals surface area contributed by atoms with Crippen LogP contribution in [0, 0.1) is 0 Å². The van der Waals surface area contributed by atoms with Crippen molar-refractivity contribution in [3.05, 3.63) is 36.0 Å². The van der Waals surface area contributed by atoms with E-state index in [1.54, 1.807) is 11.8 Å². The summed E-state index contributed by atoms with van der Waals surface area (Å²) in [5.74, 6) is -0.791.